The Morgan fingerprint density at radius 1 is 1.30 bits per heavy atom. The molecule has 0 saturated carbocycles. The van der Waals surface area contributed by atoms with E-state index in [2.05, 4.69) is 27.8 Å². The average molecular weight is 247 g/mol. The van der Waals surface area contributed by atoms with Gasteiger partial charge in [-0.1, -0.05) is 34.7 Å². The van der Waals surface area contributed by atoms with Gasteiger partial charge in [0.05, 0.1) is 0 Å². The molecular weight excluding hydrogens is 241 g/mol. The maximum atomic E-state index is 9.95. The third-order valence-corrected chi connectivity index (χ3v) is 2.08. The summed E-state index contributed by atoms with van der Waals surface area (Å²) >= 11 is 2.27. The van der Waals surface area contributed by atoms with E-state index in [-0.39, 0.29) is 0 Å². The minimum atomic E-state index is 0.494. The van der Waals surface area contributed by atoms with Crippen molar-refractivity contribution in [2.45, 2.75) is 4.43 Å². The molecule has 0 atom stereocenters. The van der Waals surface area contributed by atoms with Crippen LogP contribution in [-0.2, 0) is 4.43 Å². The van der Waals surface area contributed by atoms with Gasteiger partial charge in [-0.3, -0.25) is 0 Å². The molecule has 1 aromatic carbocycles. The number of halogens is 1. The van der Waals surface area contributed by atoms with Crippen LogP contribution < -0.4 is 0 Å². The van der Waals surface area contributed by atoms with Crippen LogP contribution in [0.1, 0.15) is 5.56 Å². The fourth-order valence-corrected chi connectivity index (χ4v) is 1.15. The Hall–Kier alpha value is -0.450. The minimum Gasteiger partial charge on any atom is -0.145 e. The third-order valence-electron chi connectivity index (χ3n) is 1.20. The first-order valence-electron chi connectivity index (χ1n) is 2.85. The summed E-state index contributed by atoms with van der Waals surface area (Å²) in [6.07, 6.45) is 0. The van der Waals surface area contributed by atoms with Gasteiger partial charge >= 0.3 is 0 Å². The largest absolute Gasteiger partial charge is 0.145 e. The number of nitrogens with zero attached hydrogens (tertiary/aromatic N) is 1. The molecule has 0 amide bonds. The summed E-state index contributed by atoms with van der Waals surface area (Å²) in [6, 6.07) is 7.26. The first-order valence-corrected chi connectivity index (χ1v) is 4.37. The summed E-state index contributed by atoms with van der Waals surface area (Å²) in [5.41, 5.74) is 1.71. The minimum absolute atomic E-state index is 0.494. The molecule has 0 N–H and O–H groups in total. The Morgan fingerprint density at radius 2 is 1.90 bits per heavy atom. The van der Waals surface area contributed by atoms with Crippen molar-refractivity contribution < 1.29 is 0 Å². The average Bonchev–Trinajstić information content (AvgIpc) is 2.05. The molecule has 1 rings (SSSR count). The molecule has 0 spiro atoms. The summed E-state index contributed by atoms with van der Waals surface area (Å²) in [5.74, 6) is 0. The lowest BCUT2D eigenvalue weighted by Crippen LogP contribution is -1.72. The maximum Gasteiger partial charge on any atom is 0.108 e. The van der Waals surface area contributed by atoms with Crippen LogP contribution in [0.5, 0.6) is 0 Å². The molecule has 0 heterocycles. The van der Waals surface area contributed by atoms with Crippen molar-refractivity contribution >= 4 is 28.3 Å². The second-order valence-corrected chi connectivity index (χ2v) is 2.65. The highest BCUT2D eigenvalue weighted by molar-refractivity contribution is 14.1. The number of alkyl halides is 1. The monoisotopic (exact) mass is 247 g/mol. The molecule has 10 heavy (non-hydrogen) atoms. The van der Waals surface area contributed by atoms with Crippen molar-refractivity contribution in [1.82, 2.24) is 0 Å². The molecule has 0 radical (unpaired) electrons. The smallest absolute Gasteiger partial charge is 0.108 e. The van der Waals surface area contributed by atoms with Crippen molar-refractivity contribution in [2.24, 2.45) is 5.18 Å². The fourth-order valence-electron chi connectivity index (χ4n) is 0.646. The first kappa shape index (κ1) is 7.65. The van der Waals surface area contributed by atoms with Gasteiger partial charge in [0.2, 0.25) is 0 Å². The van der Waals surface area contributed by atoms with E-state index in [0.29, 0.717) is 5.69 Å². The Kier molecular flexibility index (Phi) is 2.80. The summed E-state index contributed by atoms with van der Waals surface area (Å²) < 4.78 is 0.969. The summed E-state index contributed by atoms with van der Waals surface area (Å²) in [7, 11) is 0. The topological polar surface area (TPSA) is 29.4 Å². The second-order valence-electron chi connectivity index (χ2n) is 1.89. The Labute approximate surface area is 72.8 Å². The van der Waals surface area contributed by atoms with Crippen LogP contribution in [0.4, 0.5) is 5.69 Å². The lowest BCUT2D eigenvalue weighted by molar-refractivity contribution is 1.42. The molecule has 0 bridgehead atoms. The van der Waals surface area contributed by atoms with Crippen molar-refractivity contribution in [1.29, 1.82) is 0 Å². The zero-order valence-corrected chi connectivity index (χ0v) is 7.41. The van der Waals surface area contributed by atoms with Crippen molar-refractivity contribution in [3.8, 4) is 0 Å². The molecule has 0 fully saturated rings. The van der Waals surface area contributed by atoms with Crippen LogP contribution in [0.25, 0.3) is 0 Å². The zero-order chi connectivity index (χ0) is 7.40. The van der Waals surface area contributed by atoms with Gasteiger partial charge in [-0.2, -0.15) is 0 Å². The van der Waals surface area contributed by atoms with Gasteiger partial charge in [-0.25, -0.2) is 0 Å². The number of hydrogen-bond acceptors (Lipinski definition) is 2. The van der Waals surface area contributed by atoms with Gasteiger partial charge in [-0.15, -0.1) is 4.91 Å². The van der Waals surface area contributed by atoms with E-state index in [1.165, 1.54) is 5.56 Å². The molecule has 0 aliphatic carbocycles. The van der Waals surface area contributed by atoms with Crippen molar-refractivity contribution in [3.63, 3.8) is 0 Å². The van der Waals surface area contributed by atoms with E-state index >= 15 is 0 Å². The van der Waals surface area contributed by atoms with Crippen LogP contribution >= 0.6 is 22.6 Å². The van der Waals surface area contributed by atoms with Gasteiger partial charge in [-0.05, 0) is 22.9 Å². The zero-order valence-electron chi connectivity index (χ0n) is 5.25. The van der Waals surface area contributed by atoms with Gasteiger partial charge in [0.15, 0.2) is 0 Å². The molecule has 1 aromatic rings. The van der Waals surface area contributed by atoms with Crippen LogP contribution in [0.2, 0.25) is 0 Å². The highest BCUT2D eigenvalue weighted by Gasteiger charge is 1.90. The summed E-state index contributed by atoms with van der Waals surface area (Å²) in [6.45, 7) is 0. The lowest BCUT2D eigenvalue weighted by Gasteiger charge is -1.92. The summed E-state index contributed by atoms with van der Waals surface area (Å²) in [4.78, 5) is 9.95. The number of hydrogen-bond donors (Lipinski definition) is 0. The molecule has 0 aromatic heterocycles. The fraction of sp³-hybridized carbons (Fsp3) is 0.143. The van der Waals surface area contributed by atoms with E-state index in [1.54, 1.807) is 12.1 Å². The standard InChI is InChI=1S/C7H6INO/c8-5-6-1-3-7(9-10)4-2-6/h1-4H,5H2. The quantitative estimate of drug-likeness (QED) is 0.448. The molecule has 2 nitrogen and oxygen atoms in total. The van der Waals surface area contributed by atoms with Crippen LogP contribution in [0.15, 0.2) is 29.4 Å². The van der Waals surface area contributed by atoms with Crippen LogP contribution in [0, 0.1) is 4.91 Å². The predicted octanol–water partition coefficient (Wildman–Crippen LogP) is 3.02. The number of nitroso groups, excluding NO2 is 1. The van der Waals surface area contributed by atoms with E-state index in [0.717, 1.165) is 4.43 Å². The molecule has 52 valence electrons. The van der Waals surface area contributed by atoms with E-state index in [4.69, 9.17) is 0 Å². The van der Waals surface area contributed by atoms with Gasteiger partial charge in [0.25, 0.3) is 0 Å². The predicted molar refractivity (Wildman–Crippen MR) is 49.6 cm³/mol. The Balaban J connectivity index is 2.90. The molecule has 0 unspecified atom stereocenters. The first-order chi connectivity index (χ1) is 4.86. The third kappa shape index (κ3) is 1.76. The Bertz CT molecular complexity index is 220. The highest BCUT2D eigenvalue weighted by Crippen LogP contribution is 2.13. The number of rotatable bonds is 2. The normalized spacial score (nSPS) is 9.30. The molecule has 0 saturated heterocycles. The van der Waals surface area contributed by atoms with Crippen molar-refractivity contribution in [2.75, 3.05) is 0 Å². The second kappa shape index (κ2) is 3.65. The molecular formula is C7H6INO. The van der Waals surface area contributed by atoms with E-state index in [1.807, 2.05) is 12.1 Å². The van der Waals surface area contributed by atoms with Gasteiger partial charge in [0.1, 0.15) is 5.69 Å². The highest BCUT2D eigenvalue weighted by atomic mass is 127. The lowest BCUT2D eigenvalue weighted by atomic mass is 10.2. The number of benzene rings is 1. The molecule has 0 aliphatic heterocycles. The van der Waals surface area contributed by atoms with Crippen LogP contribution in [-0.4, -0.2) is 0 Å². The van der Waals surface area contributed by atoms with Crippen molar-refractivity contribution in [3.05, 3.63) is 34.7 Å². The molecule has 0 aliphatic rings. The maximum absolute atomic E-state index is 9.95. The van der Waals surface area contributed by atoms with E-state index < -0.39 is 0 Å². The van der Waals surface area contributed by atoms with Gasteiger partial charge < -0.3 is 0 Å². The van der Waals surface area contributed by atoms with Crippen LogP contribution in [0.3, 0.4) is 0 Å². The molecule has 3 heteroatoms. The SMILES string of the molecule is O=Nc1ccc(CI)cc1. The summed E-state index contributed by atoms with van der Waals surface area (Å²) in [5, 5.41) is 2.79. The Morgan fingerprint density at radius 3 is 2.30 bits per heavy atom. The van der Waals surface area contributed by atoms with Gasteiger partial charge in [0, 0.05) is 4.43 Å². The van der Waals surface area contributed by atoms with E-state index in [9.17, 15) is 4.91 Å².